The van der Waals surface area contributed by atoms with Crippen molar-refractivity contribution in [3.05, 3.63) is 36.0 Å². The van der Waals surface area contributed by atoms with Gasteiger partial charge in [0.05, 0.1) is 11.8 Å². The van der Waals surface area contributed by atoms with E-state index in [4.69, 9.17) is 10.5 Å². The molecule has 0 spiro atoms. The molecule has 1 aromatic carbocycles. The van der Waals surface area contributed by atoms with Crippen LogP contribution in [0.25, 0.3) is 11.1 Å². The van der Waals surface area contributed by atoms with E-state index in [2.05, 4.69) is 16.3 Å². The van der Waals surface area contributed by atoms with Crippen LogP contribution in [0, 0.1) is 0 Å². The van der Waals surface area contributed by atoms with Gasteiger partial charge in [-0.1, -0.05) is 18.2 Å². The third-order valence-corrected chi connectivity index (χ3v) is 3.05. The zero-order valence-corrected chi connectivity index (χ0v) is 10.3. The van der Waals surface area contributed by atoms with Gasteiger partial charge in [-0.3, -0.25) is 5.10 Å². The van der Waals surface area contributed by atoms with E-state index in [0.717, 1.165) is 16.7 Å². The Hall–Kier alpha value is -1.81. The lowest BCUT2D eigenvalue weighted by molar-refractivity contribution is 0.0192. The van der Waals surface area contributed by atoms with E-state index in [0.29, 0.717) is 5.82 Å². The summed E-state index contributed by atoms with van der Waals surface area (Å²) in [6.07, 6.45) is 1.73. The molecule has 4 nitrogen and oxygen atoms in total. The Morgan fingerprint density at radius 2 is 2.12 bits per heavy atom. The van der Waals surface area contributed by atoms with Crippen molar-refractivity contribution in [2.24, 2.45) is 0 Å². The summed E-state index contributed by atoms with van der Waals surface area (Å²) in [6, 6.07) is 8.13. The monoisotopic (exact) mass is 231 g/mol. The molecule has 0 aliphatic heterocycles. The van der Waals surface area contributed by atoms with E-state index in [1.807, 2.05) is 32.0 Å². The molecule has 0 aliphatic carbocycles. The first-order valence-electron chi connectivity index (χ1n) is 5.49. The van der Waals surface area contributed by atoms with Crippen molar-refractivity contribution in [2.45, 2.75) is 19.4 Å². The van der Waals surface area contributed by atoms with Crippen LogP contribution in [-0.4, -0.2) is 17.3 Å². The van der Waals surface area contributed by atoms with Crippen LogP contribution in [0.4, 0.5) is 5.82 Å². The number of ether oxygens (including phenoxy) is 1. The average Bonchev–Trinajstić information content (AvgIpc) is 2.76. The summed E-state index contributed by atoms with van der Waals surface area (Å²) in [6.45, 7) is 4.07. The van der Waals surface area contributed by atoms with Crippen molar-refractivity contribution in [1.29, 1.82) is 0 Å². The van der Waals surface area contributed by atoms with Crippen LogP contribution in [0.2, 0.25) is 0 Å². The fourth-order valence-electron chi connectivity index (χ4n) is 1.71. The molecule has 4 heteroatoms. The van der Waals surface area contributed by atoms with Gasteiger partial charge in [0, 0.05) is 12.7 Å². The minimum Gasteiger partial charge on any atom is -0.384 e. The minimum atomic E-state index is -0.311. The Morgan fingerprint density at radius 1 is 1.35 bits per heavy atom. The number of aromatic nitrogens is 2. The fourth-order valence-corrected chi connectivity index (χ4v) is 1.71. The summed E-state index contributed by atoms with van der Waals surface area (Å²) >= 11 is 0. The number of nitrogens with zero attached hydrogens (tertiary/aromatic N) is 1. The first kappa shape index (κ1) is 11.7. The number of rotatable bonds is 3. The lowest BCUT2D eigenvalue weighted by atomic mass is 9.94. The van der Waals surface area contributed by atoms with Gasteiger partial charge in [0.1, 0.15) is 5.82 Å². The summed E-state index contributed by atoms with van der Waals surface area (Å²) in [5, 5.41) is 6.66. The van der Waals surface area contributed by atoms with Crippen molar-refractivity contribution in [3.8, 4) is 11.1 Å². The molecule has 0 unspecified atom stereocenters. The Morgan fingerprint density at radius 3 is 2.71 bits per heavy atom. The summed E-state index contributed by atoms with van der Waals surface area (Å²) in [5.74, 6) is 0.581. The van der Waals surface area contributed by atoms with E-state index >= 15 is 0 Å². The van der Waals surface area contributed by atoms with Crippen LogP contribution in [0.15, 0.2) is 30.5 Å². The number of nitrogens with one attached hydrogen (secondary N) is 1. The van der Waals surface area contributed by atoms with Gasteiger partial charge in [0.15, 0.2) is 0 Å². The van der Waals surface area contributed by atoms with Crippen molar-refractivity contribution in [3.63, 3.8) is 0 Å². The maximum Gasteiger partial charge on any atom is 0.126 e. The summed E-state index contributed by atoms with van der Waals surface area (Å²) in [4.78, 5) is 0. The highest BCUT2D eigenvalue weighted by Gasteiger charge is 2.20. The van der Waals surface area contributed by atoms with Crippen molar-refractivity contribution in [2.75, 3.05) is 12.8 Å². The first-order chi connectivity index (χ1) is 8.04. The Labute approximate surface area is 101 Å². The SMILES string of the molecule is COC(C)(C)c1cccc(-c2cn[nH]c2N)c1. The molecule has 0 saturated carbocycles. The molecule has 3 N–H and O–H groups in total. The topological polar surface area (TPSA) is 63.9 Å². The molecule has 2 rings (SSSR count). The molecule has 0 bridgehead atoms. The second-order valence-corrected chi connectivity index (χ2v) is 4.49. The highest BCUT2D eigenvalue weighted by atomic mass is 16.5. The average molecular weight is 231 g/mol. The number of hydrogen-bond acceptors (Lipinski definition) is 3. The van der Waals surface area contributed by atoms with E-state index in [-0.39, 0.29) is 5.60 Å². The molecule has 1 heterocycles. The number of anilines is 1. The van der Waals surface area contributed by atoms with E-state index in [1.54, 1.807) is 13.3 Å². The summed E-state index contributed by atoms with van der Waals surface area (Å²) in [7, 11) is 1.71. The van der Waals surface area contributed by atoms with Gasteiger partial charge in [-0.15, -0.1) is 0 Å². The zero-order valence-electron chi connectivity index (χ0n) is 10.3. The van der Waals surface area contributed by atoms with Crippen molar-refractivity contribution in [1.82, 2.24) is 10.2 Å². The second kappa shape index (κ2) is 4.22. The molecule has 90 valence electrons. The molecule has 2 aromatic rings. The van der Waals surface area contributed by atoms with Crippen LogP contribution >= 0.6 is 0 Å². The van der Waals surface area contributed by atoms with E-state index in [9.17, 15) is 0 Å². The highest BCUT2D eigenvalue weighted by Crippen LogP contribution is 2.29. The standard InChI is InChI=1S/C13H17N3O/c1-13(2,17-3)10-6-4-5-9(7-10)11-8-15-16-12(11)14/h4-8H,1-3H3,(H3,14,15,16). The number of hydrogen-bond donors (Lipinski definition) is 2. The van der Waals surface area contributed by atoms with E-state index < -0.39 is 0 Å². The first-order valence-corrected chi connectivity index (χ1v) is 5.49. The number of nitrogen functional groups attached to an aromatic ring is 1. The van der Waals surface area contributed by atoms with Crippen molar-refractivity contribution >= 4 is 5.82 Å². The number of aromatic amines is 1. The third-order valence-electron chi connectivity index (χ3n) is 3.05. The van der Waals surface area contributed by atoms with Gasteiger partial charge in [-0.25, -0.2) is 0 Å². The molecule has 0 radical (unpaired) electrons. The van der Waals surface area contributed by atoms with Crippen LogP contribution in [-0.2, 0) is 10.3 Å². The van der Waals surface area contributed by atoms with Gasteiger partial charge < -0.3 is 10.5 Å². The number of benzene rings is 1. The zero-order chi connectivity index (χ0) is 12.5. The third kappa shape index (κ3) is 2.17. The Kier molecular flexibility index (Phi) is 2.90. The van der Waals surface area contributed by atoms with Crippen LogP contribution in [0.3, 0.4) is 0 Å². The lowest BCUT2D eigenvalue weighted by Crippen LogP contribution is -2.19. The number of methoxy groups -OCH3 is 1. The predicted molar refractivity (Wildman–Crippen MR) is 68.5 cm³/mol. The van der Waals surface area contributed by atoms with Crippen LogP contribution in [0.1, 0.15) is 19.4 Å². The van der Waals surface area contributed by atoms with Gasteiger partial charge in [0.2, 0.25) is 0 Å². The molecular weight excluding hydrogens is 214 g/mol. The normalized spacial score (nSPS) is 11.7. The molecule has 17 heavy (non-hydrogen) atoms. The van der Waals surface area contributed by atoms with Crippen molar-refractivity contribution < 1.29 is 4.74 Å². The second-order valence-electron chi connectivity index (χ2n) is 4.49. The molecule has 0 atom stereocenters. The lowest BCUT2D eigenvalue weighted by Gasteiger charge is -2.23. The molecule has 0 amide bonds. The minimum absolute atomic E-state index is 0.311. The van der Waals surface area contributed by atoms with Gasteiger partial charge in [-0.2, -0.15) is 5.10 Å². The Balaban J connectivity index is 2.46. The quantitative estimate of drug-likeness (QED) is 0.853. The molecule has 0 aliphatic rings. The maximum absolute atomic E-state index is 5.81. The maximum atomic E-state index is 5.81. The predicted octanol–water partition coefficient (Wildman–Crippen LogP) is 2.54. The Bertz CT molecular complexity index is 517. The summed E-state index contributed by atoms with van der Waals surface area (Å²) < 4.78 is 5.47. The van der Waals surface area contributed by atoms with Gasteiger partial charge >= 0.3 is 0 Å². The molecular formula is C13H17N3O. The molecule has 0 fully saturated rings. The van der Waals surface area contributed by atoms with E-state index in [1.165, 1.54) is 0 Å². The fraction of sp³-hybridized carbons (Fsp3) is 0.308. The largest absolute Gasteiger partial charge is 0.384 e. The van der Waals surface area contributed by atoms with Gasteiger partial charge in [-0.05, 0) is 31.0 Å². The number of H-pyrrole nitrogens is 1. The smallest absolute Gasteiger partial charge is 0.126 e. The molecule has 0 saturated heterocycles. The van der Waals surface area contributed by atoms with Crippen LogP contribution in [0.5, 0.6) is 0 Å². The van der Waals surface area contributed by atoms with Gasteiger partial charge in [0.25, 0.3) is 0 Å². The highest BCUT2D eigenvalue weighted by molar-refractivity contribution is 5.73. The summed E-state index contributed by atoms with van der Waals surface area (Å²) in [5.41, 5.74) is 8.57. The van der Waals surface area contributed by atoms with Crippen LogP contribution < -0.4 is 5.73 Å². The molecule has 1 aromatic heterocycles. The number of nitrogens with two attached hydrogens (primary N) is 1.